The largest absolute Gasteiger partial charge is 0.494 e. The van der Waals surface area contributed by atoms with Gasteiger partial charge in [0.2, 0.25) is 0 Å². The van der Waals surface area contributed by atoms with Gasteiger partial charge in [-0.3, -0.25) is 0 Å². The van der Waals surface area contributed by atoms with Gasteiger partial charge in [-0.05, 0) is 18.2 Å². The molecule has 0 aliphatic carbocycles. The van der Waals surface area contributed by atoms with Gasteiger partial charge in [-0.1, -0.05) is 48.5 Å². The van der Waals surface area contributed by atoms with Crippen molar-refractivity contribution >= 4 is 0 Å². The highest BCUT2D eigenvalue weighted by atomic mass is 16.5. The third kappa shape index (κ3) is 2.13. The van der Waals surface area contributed by atoms with E-state index in [1.54, 1.807) is 7.11 Å². The van der Waals surface area contributed by atoms with Crippen molar-refractivity contribution in [3.05, 3.63) is 72.9 Å². The van der Waals surface area contributed by atoms with Crippen molar-refractivity contribution in [1.29, 1.82) is 0 Å². The van der Waals surface area contributed by atoms with Gasteiger partial charge >= 0.3 is 0 Å². The van der Waals surface area contributed by atoms with Crippen LogP contribution in [-0.4, -0.2) is 11.7 Å². The summed E-state index contributed by atoms with van der Waals surface area (Å²) in [5, 5.41) is 0. The molecule has 1 aromatic heterocycles. The molecule has 0 unspecified atom stereocenters. The number of rotatable bonds is 3. The van der Waals surface area contributed by atoms with Crippen LogP contribution in [0.1, 0.15) is 0 Å². The number of hydrogen-bond acceptors (Lipinski definition) is 1. The number of aromatic nitrogens is 1. The maximum Gasteiger partial charge on any atom is 0.144 e. The minimum Gasteiger partial charge on any atom is -0.494 e. The topological polar surface area (TPSA) is 14.2 Å². The van der Waals surface area contributed by atoms with Crippen LogP contribution in [0.2, 0.25) is 0 Å². The third-order valence-corrected chi connectivity index (χ3v) is 3.15. The van der Waals surface area contributed by atoms with E-state index in [-0.39, 0.29) is 0 Å². The van der Waals surface area contributed by atoms with Crippen LogP contribution in [0.3, 0.4) is 0 Å². The minimum atomic E-state index is 0.884. The molecule has 0 radical (unpaired) electrons. The number of benzene rings is 2. The summed E-state index contributed by atoms with van der Waals surface area (Å²) < 4.78 is 7.63. The molecular formula is C17H15NO. The number of hydrogen-bond donors (Lipinski definition) is 0. The summed E-state index contributed by atoms with van der Waals surface area (Å²) in [4.78, 5) is 0. The quantitative estimate of drug-likeness (QED) is 0.680. The smallest absolute Gasteiger partial charge is 0.144 e. The van der Waals surface area contributed by atoms with E-state index in [9.17, 15) is 0 Å². The Labute approximate surface area is 112 Å². The fourth-order valence-electron chi connectivity index (χ4n) is 2.26. The van der Waals surface area contributed by atoms with E-state index >= 15 is 0 Å². The monoisotopic (exact) mass is 249 g/mol. The number of para-hydroxylation sites is 1. The first-order valence-corrected chi connectivity index (χ1v) is 6.26. The molecule has 2 aromatic carbocycles. The predicted molar refractivity (Wildman–Crippen MR) is 77.8 cm³/mol. The first kappa shape index (κ1) is 11.6. The highest BCUT2D eigenvalue weighted by Crippen LogP contribution is 2.33. The summed E-state index contributed by atoms with van der Waals surface area (Å²) in [5.41, 5.74) is 3.35. The molecule has 0 amide bonds. The van der Waals surface area contributed by atoms with Crippen LogP contribution >= 0.6 is 0 Å². The molecule has 0 aliphatic rings. The molecule has 19 heavy (non-hydrogen) atoms. The zero-order chi connectivity index (χ0) is 13.1. The maximum atomic E-state index is 5.48. The van der Waals surface area contributed by atoms with Crippen molar-refractivity contribution < 1.29 is 4.74 Å². The fourth-order valence-corrected chi connectivity index (χ4v) is 2.26. The second-order valence-corrected chi connectivity index (χ2v) is 4.30. The van der Waals surface area contributed by atoms with Crippen molar-refractivity contribution in [2.75, 3.05) is 7.11 Å². The molecule has 0 saturated carbocycles. The lowest BCUT2D eigenvalue weighted by atomic mass is 10.1. The second-order valence-electron chi connectivity index (χ2n) is 4.30. The maximum absolute atomic E-state index is 5.48. The molecule has 2 nitrogen and oxygen atoms in total. The highest BCUT2D eigenvalue weighted by Gasteiger charge is 2.12. The normalized spacial score (nSPS) is 10.4. The molecule has 0 bridgehead atoms. The molecule has 0 aliphatic heterocycles. The average molecular weight is 249 g/mol. The van der Waals surface area contributed by atoms with Crippen molar-refractivity contribution in [3.63, 3.8) is 0 Å². The van der Waals surface area contributed by atoms with Crippen molar-refractivity contribution in [2.24, 2.45) is 0 Å². The van der Waals surface area contributed by atoms with Crippen LogP contribution < -0.4 is 4.74 Å². The zero-order valence-electron chi connectivity index (χ0n) is 10.8. The van der Waals surface area contributed by atoms with Gasteiger partial charge in [0.05, 0.1) is 12.8 Å². The second kappa shape index (κ2) is 5.02. The SMILES string of the molecule is COc1ccn(-c2ccccc2)c1-c1ccccc1. The highest BCUT2D eigenvalue weighted by molar-refractivity contribution is 5.70. The zero-order valence-corrected chi connectivity index (χ0v) is 10.8. The Bertz CT molecular complexity index is 656. The molecule has 0 saturated heterocycles. The average Bonchev–Trinajstić information content (AvgIpc) is 2.93. The molecule has 0 N–H and O–H groups in total. The Morgan fingerprint density at radius 3 is 2.05 bits per heavy atom. The van der Waals surface area contributed by atoms with Crippen molar-refractivity contribution in [3.8, 4) is 22.7 Å². The first-order valence-electron chi connectivity index (χ1n) is 6.26. The summed E-state index contributed by atoms with van der Waals surface area (Å²) in [7, 11) is 1.71. The number of ether oxygens (including phenoxy) is 1. The van der Waals surface area contributed by atoms with E-state index in [1.165, 1.54) is 0 Å². The molecule has 0 fully saturated rings. The van der Waals surface area contributed by atoms with E-state index in [0.717, 1.165) is 22.7 Å². The van der Waals surface area contributed by atoms with Gasteiger partial charge in [0.1, 0.15) is 5.75 Å². The lowest BCUT2D eigenvalue weighted by Gasteiger charge is -2.11. The Balaban J connectivity index is 2.20. The van der Waals surface area contributed by atoms with Gasteiger partial charge in [0.15, 0.2) is 0 Å². The molecule has 0 atom stereocenters. The van der Waals surface area contributed by atoms with Gasteiger partial charge in [-0.25, -0.2) is 0 Å². The molecule has 94 valence electrons. The van der Waals surface area contributed by atoms with Gasteiger partial charge in [-0.2, -0.15) is 0 Å². The number of nitrogens with zero attached hydrogens (tertiary/aromatic N) is 1. The predicted octanol–water partition coefficient (Wildman–Crippen LogP) is 4.15. The Morgan fingerprint density at radius 1 is 0.789 bits per heavy atom. The third-order valence-electron chi connectivity index (χ3n) is 3.15. The molecule has 0 spiro atoms. The lowest BCUT2D eigenvalue weighted by molar-refractivity contribution is 0.416. The molecular weight excluding hydrogens is 234 g/mol. The molecule has 3 rings (SSSR count). The Hall–Kier alpha value is -2.48. The van der Waals surface area contributed by atoms with Crippen LogP contribution in [-0.2, 0) is 0 Å². The van der Waals surface area contributed by atoms with E-state index < -0.39 is 0 Å². The minimum absolute atomic E-state index is 0.884. The molecule has 1 heterocycles. The van der Waals surface area contributed by atoms with Crippen molar-refractivity contribution in [1.82, 2.24) is 4.57 Å². The van der Waals surface area contributed by atoms with Gasteiger partial charge < -0.3 is 9.30 Å². The van der Waals surface area contributed by atoms with Crippen LogP contribution in [0, 0.1) is 0 Å². The molecule has 3 aromatic rings. The standard InChI is InChI=1S/C17H15NO/c1-19-16-12-13-18(15-10-6-3-7-11-15)17(16)14-8-4-2-5-9-14/h2-13H,1H3. The van der Waals surface area contributed by atoms with Gasteiger partial charge in [-0.15, -0.1) is 0 Å². The van der Waals surface area contributed by atoms with Gasteiger partial charge in [0, 0.05) is 17.4 Å². The Kier molecular flexibility index (Phi) is 3.07. The van der Waals surface area contributed by atoms with E-state index in [4.69, 9.17) is 4.74 Å². The van der Waals surface area contributed by atoms with Crippen LogP contribution in [0.4, 0.5) is 0 Å². The summed E-state index contributed by atoms with van der Waals surface area (Å²) in [6.07, 6.45) is 2.04. The van der Waals surface area contributed by atoms with Crippen LogP contribution in [0.15, 0.2) is 72.9 Å². The lowest BCUT2D eigenvalue weighted by Crippen LogP contribution is -1.96. The van der Waals surface area contributed by atoms with Gasteiger partial charge in [0.25, 0.3) is 0 Å². The summed E-state index contributed by atoms with van der Waals surface area (Å²) in [6, 6.07) is 22.6. The summed E-state index contributed by atoms with van der Waals surface area (Å²) in [5.74, 6) is 0.884. The fraction of sp³-hybridized carbons (Fsp3) is 0.0588. The van der Waals surface area contributed by atoms with Crippen LogP contribution in [0.25, 0.3) is 16.9 Å². The van der Waals surface area contributed by atoms with E-state index in [2.05, 4.69) is 28.8 Å². The summed E-state index contributed by atoms with van der Waals surface area (Å²) in [6.45, 7) is 0. The summed E-state index contributed by atoms with van der Waals surface area (Å²) >= 11 is 0. The Morgan fingerprint density at radius 2 is 1.42 bits per heavy atom. The van der Waals surface area contributed by atoms with E-state index in [0.29, 0.717) is 0 Å². The molecule has 2 heteroatoms. The van der Waals surface area contributed by atoms with E-state index in [1.807, 2.05) is 48.7 Å². The first-order chi connectivity index (χ1) is 9.40. The van der Waals surface area contributed by atoms with Crippen molar-refractivity contribution in [2.45, 2.75) is 0 Å². The number of methoxy groups -OCH3 is 1. The van der Waals surface area contributed by atoms with Crippen LogP contribution in [0.5, 0.6) is 5.75 Å².